The van der Waals surface area contributed by atoms with Gasteiger partial charge in [-0.2, -0.15) is 0 Å². The largest absolute Gasteiger partial charge is 0.507 e. The van der Waals surface area contributed by atoms with Gasteiger partial charge in [0, 0.05) is 11.6 Å². The Labute approximate surface area is 112 Å². The third kappa shape index (κ3) is 3.61. The lowest BCUT2D eigenvalue weighted by atomic mass is 9.95. The highest BCUT2D eigenvalue weighted by Gasteiger charge is 2.22. The minimum atomic E-state index is -0.897. The first kappa shape index (κ1) is 15.3. The smallest absolute Gasteiger partial charge is 0.167 e. The molecule has 0 heterocycles. The van der Waals surface area contributed by atoms with Crippen molar-refractivity contribution in [2.45, 2.75) is 39.2 Å². The zero-order valence-electron chi connectivity index (χ0n) is 11.6. The Morgan fingerprint density at radius 3 is 2.37 bits per heavy atom. The number of carbonyl (C=O) groups is 1. The second-order valence-electron chi connectivity index (χ2n) is 5.17. The van der Waals surface area contributed by atoms with E-state index in [0.717, 1.165) is 0 Å². The van der Waals surface area contributed by atoms with Gasteiger partial charge in [0.25, 0.3) is 0 Å². The Morgan fingerprint density at radius 1 is 1.37 bits per heavy atom. The monoisotopic (exact) mass is 268 g/mol. The Bertz CT molecular complexity index is 486. The molecular formula is C14H20O5. The Kier molecular flexibility index (Phi) is 4.42. The summed E-state index contributed by atoms with van der Waals surface area (Å²) < 4.78 is 5.09. The predicted molar refractivity (Wildman–Crippen MR) is 70.9 cm³/mol. The molecule has 0 bridgehead atoms. The van der Waals surface area contributed by atoms with E-state index in [0.29, 0.717) is 24.2 Å². The predicted octanol–water partition coefficient (Wildman–Crippen LogP) is 2.01. The molecular weight excluding hydrogens is 248 g/mol. The highest BCUT2D eigenvalue weighted by molar-refractivity contribution is 6.00. The molecule has 0 saturated heterocycles. The van der Waals surface area contributed by atoms with Crippen LogP contribution in [0.5, 0.6) is 17.2 Å². The van der Waals surface area contributed by atoms with E-state index in [1.165, 1.54) is 20.1 Å². The van der Waals surface area contributed by atoms with Crippen LogP contribution in [0.3, 0.4) is 0 Å². The van der Waals surface area contributed by atoms with Crippen LogP contribution >= 0.6 is 0 Å². The van der Waals surface area contributed by atoms with Gasteiger partial charge in [0.15, 0.2) is 5.78 Å². The minimum absolute atomic E-state index is 0.119. The number of phenols is 2. The SMILES string of the molecule is COc1cc(O)c(C(C)=O)c(O)c1CCC(C)(C)O. The first-order valence-corrected chi connectivity index (χ1v) is 6.02. The molecule has 1 rings (SSSR count). The normalized spacial score (nSPS) is 11.4. The zero-order valence-corrected chi connectivity index (χ0v) is 11.6. The van der Waals surface area contributed by atoms with Gasteiger partial charge in [0.2, 0.25) is 0 Å². The van der Waals surface area contributed by atoms with Crippen molar-refractivity contribution in [1.82, 2.24) is 0 Å². The molecule has 0 aliphatic heterocycles. The lowest BCUT2D eigenvalue weighted by Gasteiger charge is -2.19. The number of aromatic hydroxyl groups is 2. The fourth-order valence-corrected chi connectivity index (χ4v) is 1.87. The molecule has 3 N–H and O–H groups in total. The van der Waals surface area contributed by atoms with Gasteiger partial charge in [-0.25, -0.2) is 0 Å². The van der Waals surface area contributed by atoms with Crippen LogP contribution in [0.2, 0.25) is 0 Å². The molecule has 0 unspecified atom stereocenters. The minimum Gasteiger partial charge on any atom is -0.507 e. The van der Waals surface area contributed by atoms with Crippen molar-refractivity contribution in [1.29, 1.82) is 0 Å². The van der Waals surface area contributed by atoms with E-state index in [2.05, 4.69) is 0 Å². The summed E-state index contributed by atoms with van der Waals surface area (Å²) in [7, 11) is 1.41. The van der Waals surface area contributed by atoms with Gasteiger partial charge in [-0.3, -0.25) is 4.79 Å². The zero-order chi connectivity index (χ0) is 14.8. The van der Waals surface area contributed by atoms with Gasteiger partial charge in [-0.15, -0.1) is 0 Å². The highest BCUT2D eigenvalue weighted by atomic mass is 16.5. The molecule has 0 aromatic heterocycles. The summed E-state index contributed by atoms with van der Waals surface area (Å²) in [6, 6.07) is 1.30. The lowest BCUT2D eigenvalue weighted by molar-refractivity contribution is 0.0711. The maximum atomic E-state index is 11.4. The summed E-state index contributed by atoms with van der Waals surface area (Å²) >= 11 is 0. The van der Waals surface area contributed by atoms with Gasteiger partial charge < -0.3 is 20.1 Å². The fraction of sp³-hybridized carbons (Fsp3) is 0.500. The fourth-order valence-electron chi connectivity index (χ4n) is 1.87. The molecule has 5 nitrogen and oxygen atoms in total. The van der Waals surface area contributed by atoms with Crippen LogP contribution in [0.1, 0.15) is 43.1 Å². The number of ketones is 1. The van der Waals surface area contributed by atoms with Gasteiger partial charge in [-0.1, -0.05) is 0 Å². The summed E-state index contributed by atoms with van der Waals surface area (Å²) in [6.45, 7) is 4.58. The van der Waals surface area contributed by atoms with Crippen molar-refractivity contribution in [2.75, 3.05) is 7.11 Å². The molecule has 0 radical (unpaired) electrons. The van der Waals surface area contributed by atoms with Crippen LogP contribution in [0.15, 0.2) is 6.07 Å². The number of hydrogen-bond donors (Lipinski definition) is 3. The first-order valence-electron chi connectivity index (χ1n) is 6.02. The van der Waals surface area contributed by atoms with E-state index in [1.807, 2.05) is 0 Å². The molecule has 106 valence electrons. The van der Waals surface area contributed by atoms with Crippen molar-refractivity contribution in [3.05, 3.63) is 17.2 Å². The van der Waals surface area contributed by atoms with E-state index < -0.39 is 11.4 Å². The van der Waals surface area contributed by atoms with E-state index >= 15 is 0 Å². The highest BCUT2D eigenvalue weighted by Crippen LogP contribution is 2.39. The van der Waals surface area contributed by atoms with Crippen LogP contribution in [0.4, 0.5) is 0 Å². The second kappa shape index (κ2) is 5.48. The van der Waals surface area contributed by atoms with Gasteiger partial charge in [-0.05, 0) is 33.6 Å². The molecule has 0 aliphatic carbocycles. The van der Waals surface area contributed by atoms with Crippen LogP contribution in [0, 0.1) is 0 Å². The maximum Gasteiger partial charge on any atom is 0.167 e. The molecule has 0 saturated carbocycles. The topological polar surface area (TPSA) is 87.0 Å². The molecule has 0 spiro atoms. The molecule has 0 atom stereocenters. The number of carbonyl (C=O) groups excluding carboxylic acids is 1. The average Bonchev–Trinajstić information content (AvgIpc) is 2.25. The summed E-state index contributed by atoms with van der Waals surface area (Å²) in [6.07, 6.45) is 0.720. The molecule has 5 heteroatoms. The van der Waals surface area contributed by atoms with Crippen LogP contribution in [0.25, 0.3) is 0 Å². The molecule has 1 aromatic rings. The maximum absolute atomic E-state index is 11.4. The van der Waals surface area contributed by atoms with Gasteiger partial charge in [0.05, 0.1) is 12.7 Å². The van der Waals surface area contributed by atoms with E-state index in [1.54, 1.807) is 13.8 Å². The van der Waals surface area contributed by atoms with Crippen LogP contribution in [-0.4, -0.2) is 33.8 Å². The van der Waals surface area contributed by atoms with Crippen molar-refractivity contribution in [3.63, 3.8) is 0 Å². The number of phenolic OH excluding ortho intramolecular Hbond substituents is 2. The number of benzene rings is 1. The van der Waals surface area contributed by atoms with E-state index in [9.17, 15) is 20.1 Å². The van der Waals surface area contributed by atoms with Gasteiger partial charge in [0.1, 0.15) is 22.8 Å². The summed E-state index contributed by atoms with van der Waals surface area (Å²) in [5.74, 6) is -0.728. The average molecular weight is 268 g/mol. The Hall–Kier alpha value is -1.75. The van der Waals surface area contributed by atoms with E-state index in [4.69, 9.17) is 4.74 Å². The van der Waals surface area contributed by atoms with Crippen molar-refractivity contribution in [3.8, 4) is 17.2 Å². The van der Waals surface area contributed by atoms with E-state index in [-0.39, 0.29) is 17.1 Å². The van der Waals surface area contributed by atoms with Crippen molar-refractivity contribution < 1.29 is 24.9 Å². The van der Waals surface area contributed by atoms with Crippen molar-refractivity contribution >= 4 is 5.78 Å². The molecule has 0 aliphatic rings. The number of Topliss-reactive ketones (excluding diaryl/α,β-unsaturated/α-hetero) is 1. The number of ether oxygens (including phenoxy) is 1. The summed E-state index contributed by atoms with van der Waals surface area (Å²) in [5, 5.41) is 29.6. The quantitative estimate of drug-likeness (QED) is 0.711. The standard InChI is InChI=1S/C14H20O5/c1-8(15)12-10(16)7-11(19-4)9(13(12)17)5-6-14(2,3)18/h7,16-18H,5-6H2,1-4H3. The molecule has 19 heavy (non-hydrogen) atoms. The third-order valence-electron chi connectivity index (χ3n) is 2.90. The second-order valence-corrected chi connectivity index (χ2v) is 5.17. The lowest BCUT2D eigenvalue weighted by Crippen LogP contribution is -2.19. The number of rotatable bonds is 5. The summed E-state index contributed by atoms with van der Waals surface area (Å²) in [5.41, 5.74) is -0.606. The number of aliphatic hydroxyl groups is 1. The first-order chi connectivity index (χ1) is 8.67. The molecule has 1 aromatic carbocycles. The Morgan fingerprint density at radius 2 is 1.95 bits per heavy atom. The molecule has 0 fully saturated rings. The third-order valence-corrected chi connectivity index (χ3v) is 2.90. The number of hydrogen-bond acceptors (Lipinski definition) is 5. The number of methoxy groups -OCH3 is 1. The molecule has 0 amide bonds. The van der Waals surface area contributed by atoms with Gasteiger partial charge >= 0.3 is 0 Å². The van der Waals surface area contributed by atoms with Crippen LogP contribution < -0.4 is 4.74 Å². The van der Waals surface area contributed by atoms with Crippen LogP contribution in [-0.2, 0) is 6.42 Å². The summed E-state index contributed by atoms with van der Waals surface area (Å²) in [4.78, 5) is 11.4. The van der Waals surface area contributed by atoms with Crippen molar-refractivity contribution in [2.24, 2.45) is 0 Å². The Balaban J connectivity index is 3.28.